The second kappa shape index (κ2) is 11.8. The zero-order chi connectivity index (χ0) is 9.07. The molecule has 0 aliphatic heterocycles. The van der Waals surface area contributed by atoms with Gasteiger partial charge in [-0.25, -0.2) is 0 Å². The molecule has 0 heterocycles. The Morgan fingerprint density at radius 2 is 0.917 bits per heavy atom. The summed E-state index contributed by atoms with van der Waals surface area (Å²) in [5.41, 5.74) is 0. The van der Waals surface area contributed by atoms with Gasteiger partial charge in [-0.3, -0.25) is 0 Å². The van der Waals surface area contributed by atoms with Crippen molar-refractivity contribution in [1.82, 2.24) is 0 Å². The minimum absolute atomic E-state index is 1.48. The molecular weight excluding hydrogens is 130 g/mol. The van der Waals surface area contributed by atoms with Gasteiger partial charge in [0.15, 0.2) is 0 Å². The van der Waals surface area contributed by atoms with Gasteiger partial charge in [-0.05, 0) is 0 Å². The summed E-state index contributed by atoms with van der Waals surface area (Å²) < 4.78 is 0. The summed E-state index contributed by atoms with van der Waals surface area (Å²) in [7, 11) is 10.2. The monoisotopic (exact) mass is 132 g/mol. The second-order valence-electron chi connectivity index (χ2n) is 1.92. The number of rotatable bonds is 3. The second-order valence-corrected chi connectivity index (χ2v) is 1.92. The van der Waals surface area contributed by atoms with Crippen molar-refractivity contribution in [2.45, 2.75) is 0 Å². The van der Waals surface area contributed by atoms with E-state index in [9.17, 15) is 0 Å². The molecule has 0 rings (SSSR count). The Kier molecular flexibility index (Phi) is 12.5. The average molecular weight is 130 g/mol. The van der Waals surface area contributed by atoms with E-state index in [0.717, 1.165) is 0 Å². The summed E-state index contributed by atoms with van der Waals surface area (Å²) in [6.45, 7) is 17.8. The summed E-state index contributed by atoms with van der Waals surface area (Å²) in [6.07, 6.45) is 0. The Labute approximate surface area is 81.3 Å². The van der Waals surface area contributed by atoms with Crippen molar-refractivity contribution in [1.29, 1.82) is 0 Å². The first-order valence-electron chi connectivity index (χ1n) is 3.67. The van der Waals surface area contributed by atoms with Crippen LogP contribution < -0.4 is 0 Å². The van der Waals surface area contributed by atoms with Crippen LogP contribution in [-0.2, 0) is 0 Å². The van der Waals surface area contributed by atoms with Gasteiger partial charge < -0.3 is 0 Å². The van der Waals surface area contributed by atoms with Crippen molar-refractivity contribution in [3.8, 4) is 0 Å². The Morgan fingerprint density at radius 3 is 1.25 bits per heavy atom. The molecule has 0 saturated heterocycles. The molecule has 0 aliphatic rings. The molecule has 0 unspecified atom stereocenters. The van der Waals surface area contributed by atoms with E-state index in [4.69, 9.17) is 14.4 Å². The van der Waals surface area contributed by atoms with E-state index < -0.39 is 0 Å². The Balaban J connectivity index is 3.70. The van der Waals surface area contributed by atoms with Crippen LogP contribution >= 0.6 is 0 Å². The SMILES string of the molecule is B#[B-]B=BB=BB=BB=B[B-]#B. The van der Waals surface area contributed by atoms with Gasteiger partial charge in [0.1, 0.15) is 0 Å². The van der Waals surface area contributed by atoms with E-state index >= 15 is 0 Å². The standard InChI is InChI=1S/B12/c1-3-5-7-9-11-12-10-8-6-4-2/q-2. The van der Waals surface area contributed by atoms with Crippen molar-refractivity contribution in [2.24, 2.45) is 0 Å². The van der Waals surface area contributed by atoms with Crippen LogP contribution in [-0.4, -0.2) is 81.0 Å². The third-order valence-electron chi connectivity index (χ3n) is 1.00. The van der Waals surface area contributed by atoms with Crippen LogP contribution in [0, 0.1) is 0 Å². The maximum atomic E-state index is 5.12. The van der Waals surface area contributed by atoms with Gasteiger partial charge in [-0.2, -0.15) is 0 Å². The summed E-state index contributed by atoms with van der Waals surface area (Å²) in [5.74, 6) is 0. The fraction of sp³-hybridized carbons (Fsp3) is 0. The van der Waals surface area contributed by atoms with Gasteiger partial charge in [-0.1, -0.05) is 0 Å². The topological polar surface area (TPSA) is 0 Å². The maximum absolute atomic E-state index is 5.12. The van der Waals surface area contributed by atoms with Gasteiger partial charge in [0, 0.05) is 0 Å². The van der Waals surface area contributed by atoms with E-state index in [2.05, 4.69) is 0 Å². The normalized spacial score (nSPS) is 6.67. The van der Waals surface area contributed by atoms with Crippen molar-refractivity contribution >= 4 is 81.0 Å². The van der Waals surface area contributed by atoms with Crippen LogP contribution in [0.1, 0.15) is 0 Å². The molecule has 0 fully saturated rings. The van der Waals surface area contributed by atoms with Gasteiger partial charge in [0.05, 0.1) is 0 Å². The number of hydrogen-bond acceptors (Lipinski definition) is 0. The average Bonchev–Trinajstić information content (AvgIpc) is 2.10. The molecule has 0 atom stereocenters. The van der Waals surface area contributed by atoms with Crippen LogP contribution in [0.4, 0.5) is 0 Å². The van der Waals surface area contributed by atoms with Crippen molar-refractivity contribution < 1.29 is 0 Å². The molecule has 0 nitrogen and oxygen atoms in total. The number of hydrogen-bond donors (Lipinski definition) is 0. The third kappa shape index (κ3) is 10.8. The Morgan fingerprint density at radius 1 is 0.583 bits per heavy atom. The van der Waals surface area contributed by atoms with Crippen molar-refractivity contribution in [3.05, 3.63) is 0 Å². The summed E-state index contributed by atoms with van der Waals surface area (Å²) >= 11 is 0. The molecule has 0 aromatic carbocycles. The molecule has 0 aromatic rings. The van der Waals surface area contributed by atoms with E-state index in [1.54, 1.807) is 13.4 Å². The van der Waals surface area contributed by atoms with Crippen LogP contribution in [0.3, 0.4) is 0 Å². The molecular formula is B12-2. The zero-order valence-corrected chi connectivity index (χ0v) is 6.93. The van der Waals surface area contributed by atoms with Crippen LogP contribution in [0.25, 0.3) is 0 Å². The third-order valence-corrected chi connectivity index (χ3v) is 1.00. The van der Waals surface area contributed by atoms with E-state index in [1.807, 2.05) is 40.2 Å². The van der Waals surface area contributed by atoms with Crippen LogP contribution in [0.2, 0.25) is 0 Å². The molecule has 0 saturated carbocycles. The van der Waals surface area contributed by atoms with Crippen LogP contribution in [0.5, 0.6) is 0 Å². The van der Waals surface area contributed by atoms with Gasteiger partial charge in [-0.15, -0.1) is 0 Å². The molecule has 0 radical (unpaired) electrons. The van der Waals surface area contributed by atoms with E-state index in [-0.39, 0.29) is 0 Å². The molecule has 0 spiro atoms. The van der Waals surface area contributed by atoms with Gasteiger partial charge in [0.2, 0.25) is 0 Å². The van der Waals surface area contributed by atoms with Crippen molar-refractivity contribution in [2.75, 3.05) is 0 Å². The Hall–Kier alpha value is 0.779. The predicted molar refractivity (Wildman–Crippen MR) is 69.0 cm³/mol. The molecule has 0 amide bonds. The first kappa shape index (κ1) is 12.8. The fourth-order valence-corrected chi connectivity index (χ4v) is 0.513. The first-order valence-corrected chi connectivity index (χ1v) is 3.67. The summed E-state index contributed by atoms with van der Waals surface area (Å²) in [4.78, 5) is 0. The summed E-state index contributed by atoms with van der Waals surface area (Å²) in [5, 5.41) is 0. The molecule has 38 valence electrons. The first-order chi connectivity index (χ1) is 5.91. The molecule has 0 bridgehead atoms. The minimum atomic E-state index is 1.48. The quantitative estimate of drug-likeness (QED) is 0.337. The van der Waals surface area contributed by atoms with Crippen LogP contribution in [0.15, 0.2) is 0 Å². The molecule has 12 heteroatoms. The van der Waals surface area contributed by atoms with E-state index in [0.29, 0.717) is 0 Å². The molecule has 0 N–H and O–H groups in total. The predicted octanol–water partition coefficient (Wildman–Crippen LogP) is -4.57. The summed E-state index contributed by atoms with van der Waals surface area (Å²) in [6, 6.07) is 0. The zero-order valence-electron chi connectivity index (χ0n) is 6.93. The molecule has 0 aliphatic carbocycles. The molecule has 12 heavy (non-hydrogen) atoms. The molecule has 0 aromatic heterocycles. The van der Waals surface area contributed by atoms with Gasteiger partial charge in [0.25, 0.3) is 0 Å². The fourth-order valence-electron chi connectivity index (χ4n) is 0.513. The van der Waals surface area contributed by atoms with Gasteiger partial charge >= 0.3 is 81.0 Å². The van der Waals surface area contributed by atoms with Crippen molar-refractivity contribution in [3.63, 3.8) is 0 Å². The Bertz CT molecular complexity index is 253. The van der Waals surface area contributed by atoms with E-state index in [1.165, 1.54) is 13.0 Å².